The minimum absolute atomic E-state index is 0.0676. The number of aryl methyl sites for hydroxylation is 1. The SMILES string of the molecule is COc1nc2c(c(N3CCN(C(=O)/C=C/CO)CC3)n1)CCN(c1cccc3cccc(C)c13)C2. The van der Waals surface area contributed by atoms with Crippen molar-refractivity contribution < 1.29 is 14.6 Å². The van der Waals surface area contributed by atoms with Gasteiger partial charge in [0, 0.05) is 55.4 Å². The summed E-state index contributed by atoms with van der Waals surface area (Å²) >= 11 is 0. The van der Waals surface area contributed by atoms with E-state index in [1.54, 1.807) is 12.0 Å². The zero-order valence-electron chi connectivity index (χ0n) is 20.3. The van der Waals surface area contributed by atoms with Gasteiger partial charge in [-0.3, -0.25) is 4.79 Å². The molecular weight excluding hydrogens is 442 g/mol. The molecule has 8 heteroatoms. The summed E-state index contributed by atoms with van der Waals surface area (Å²) in [6, 6.07) is 13.3. The van der Waals surface area contributed by atoms with E-state index in [1.807, 2.05) is 0 Å². The fourth-order valence-corrected chi connectivity index (χ4v) is 5.11. The summed E-state index contributed by atoms with van der Waals surface area (Å²) in [5.41, 5.74) is 4.66. The molecule has 35 heavy (non-hydrogen) atoms. The zero-order valence-corrected chi connectivity index (χ0v) is 20.3. The summed E-state index contributed by atoms with van der Waals surface area (Å²) in [6.45, 7) is 6.21. The van der Waals surface area contributed by atoms with E-state index in [2.05, 4.69) is 53.1 Å². The van der Waals surface area contributed by atoms with Gasteiger partial charge in [-0.2, -0.15) is 9.97 Å². The van der Waals surface area contributed by atoms with Gasteiger partial charge in [-0.15, -0.1) is 0 Å². The van der Waals surface area contributed by atoms with Crippen LogP contribution in [0.3, 0.4) is 0 Å². The molecule has 0 saturated carbocycles. The summed E-state index contributed by atoms with van der Waals surface area (Å²) in [7, 11) is 1.60. The maximum absolute atomic E-state index is 12.3. The topological polar surface area (TPSA) is 82.0 Å². The van der Waals surface area contributed by atoms with Crippen molar-refractivity contribution in [1.82, 2.24) is 14.9 Å². The number of hydrogen-bond donors (Lipinski definition) is 1. The van der Waals surface area contributed by atoms with E-state index in [4.69, 9.17) is 19.8 Å². The summed E-state index contributed by atoms with van der Waals surface area (Å²) in [5.74, 6) is 0.848. The molecule has 1 amide bonds. The number of carbonyl (C=O) groups excluding carboxylic acids is 1. The van der Waals surface area contributed by atoms with Crippen molar-refractivity contribution in [1.29, 1.82) is 0 Å². The second-order valence-corrected chi connectivity index (χ2v) is 8.98. The summed E-state index contributed by atoms with van der Waals surface area (Å²) in [4.78, 5) is 28.2. The quantitative estimate of drug-likeness (QED) is 0.571. The van der Waals surface area contributed by atoms with Gasteiger partial charge in [0.2, 0.25) is 5.91 Å². The molecule has 3 heterocycles. The van der Waals surface area contributed by atoms with Crippen molar-refractivity contribution in [3.63, 3.8) is 0 Å². The Balaban J connectivity index is 1.41. The van der Waals surface area contributed by atoms with Crippen LogP contribution in [0.2, 0.25) is 0 Å². The van der Waals surface area contributed by atoms with Gasteiger partial charge in [0.1, 0.15) is 5.82 Å². The molecule has 0 unspecified atom stereocenters. The van der Waals surface area contributed by atoms with Gasteiger partial charge in [-0.25, -0.2) is 0 Å². The first-order valence-electron chi connectivity index (χ1n) is 12.1. The number of nitrogens with zero attached hydrogens (tertiary/aromatic N) is 5. The molecule has 0 bridgehead atoms. The fraction of sp³-hybridized carbons (Fsp3) is 0.370. The maximum atomic E-state index is 12.3. The van der Waals surface area contributed by atoms with Crippen LogP contribution in [-0.2, 0) is 17.8 Å². The highest BCUT2D eigenvalue weighted by Gasteiger charge is 2.28. The van der Waals surface area contributed by atoms with E-state index in [1.165, 1.54) is 39.7 Å². The minimum Gasteiger partial charge on any atom is -0.467 e. The molecule has 0 atom stereocenters. The number of carbonyl (C=O) groups is 1. The monoisotopic (exact) mass is 473 g/mol. The Morgan fingerprint density at radius 1 is 1.06 bits per heavy atom. The van der Waals surface area contributed by atoms with E-state index >= 15 is 0 Å². The third-order valence-corrected chi connectivity index (χ3v) is 6.89. The Morgan fingerprint density at radius 3 is 2.57 bits per heavy atom. The Labute approximate surface area is 205 Å². The lowest BCUT2D eigenvalue weighted by Gasteiger charge is -2.38. The number of aromatic nitrogens is 2. The molecule has 2 aromatic carbocycles. The van der Waals surface area contributed by atoms with Crippen LogP contribution in [0.4, 0.5) is 11.5 Å². The standard InChI is InChI=1S/C27H31N5O3/c1-19-6-3-7-20-8-4-9-23(25(19)20)32-12-11-21-22(18-32)28-27(35-2)29-26(21)31-15-13-30(14-16-31)24(34)10-5-17-33/h3-10,33H,11-18H2,1-2H3/b10-5+. The third-order valence-electron chi connectivity index (χ3n) is 6.89. The number of hydrogen-bond acceptors (Lipinski definition) is 7. The van der Waals surface area contributed by atoms with Crippen LogP contribution in [0, 0.1) is 6.92 Å². The molecular formula is C27H31N5O3. The molecule has 182 valence electrons. The molecule has 0 spiro atoms. The highest BCUT2D eigenvalue weighted by atomic mass is 16.5. The number of anilines is 2. The first kappa shape index (κ1) is 23.1. The van der Waals surface area contributed by atoms with Crippen molar-refractivity contribution >= 4 is 28.2 Å². The second-order valence-electron chi connectivity index (χ2n) is 8.98. The van der Waals surface area contributed by atoms with Crippen molar-refractivity contribution in [3.05, 3.63) is 65.4 Å². The molecule has 0 aliphatic carbocycles. The van der Waals surface area contributed by atoms with Crippen molar-refractivity contribution in [3.8, 4) is 6.01 Å². The number of benzene rings is 2. The highest BCUT2D eigenvalue weighted by Crippen LogP contribution is 2.35. The lowest BCUT2D eigenvalue weighted by molar-refractivity contribution is -0.126. The number of amides is 1. The van der Waals surface area contributed by atoms with E-state index in [0.29, 0.717) is 38.7 Å². The molecule has 3 aromatic rings. The molecule has 2 aliphatic heterocycles. The Morgan fingerprint density at radius 2 is 1.83 bits per heavy atom. The smallest absolute Gasteiger partial charge is 0.318 e. The molecule has 1 aromatic heterocycles. The van der Waals surface area contributed by atoms with Gasteiger partial charge in [0.25, 0.3) is 0 Å². The predicted molar refractivity (Wildman–Crippen MR) is 137 cm³/mol. The van der Waals surface area contributed by atoms with Crippen LogP contribution < -0.4 is 14.5 Å². The molecule has 0 radical (unpaired) electrons. The van der Waals surface area contributed by atoms with E-state index in [0.717, 1.165) is 24.5 Å². The number of aliphatic hydroxyl groups excluding tert-OH is 1. The van der Waals surface area contributed by atoms with Crippen LogP contribution >= 0.6 is 0 Å². The van der Waals surface area contributed by atoms with Crippen LogP contribution in [0.1, 0.15) is 16.8 Å². The number of methoxy groups -OCH3 is 1. The van der Waals surface area contributed by atoms with E-state index in [-0.39, 0.29) is 12.5 Å². The number of rotatable bonds is 5. The normalized spacial score (nSPS) is 16.1. The number of fused-ring (bicyclic) bond motifs is 2. The van der Waals surface area contributed by atoms with Gasteiger partial charge in [-0.05, 0) is 30.4 Å². The van der Waals surface area contributed by atoms with Crippen LogP contribution in [0.5, 0.6) is 6.01 Å². The first-order chi connectivity index (χ1) is 17.1. The molecule has 5 rings (SSSR count). The highest BCUT2D eigenvalue weighted by molar-refractivity contribution is 5.97. The molecule has 8 nitrogen and oxygen atoms in total. The third kappa shape index (κ3) is 4.53. The van der Waals surface area contributed by atoms with Crippen molar-refractivity contribution in [2.24, 2.45) is 0 Å². The second kappa shape index (κ2) is 9.92. The molecule has 1 fully saturated rings. The van der Waals surface area contributed by atoms with Gasteiger partial charge in [0.05, 0.1) is 26.0 Å². The molecule has 1 saturated heterocycles. The van der Waals surface area contributed by atoms with Gasteiger partial charge in [-0.1, -0.05) is 36.4 Å². The number of piperazine rings is 1. The molecule has 1 N–H and O–H groups in total. The summed E-state index contributed by atoms with van der Waals surface area (Å²) < 4.78 is 5.48. The van der Waals surface area contributed by atoms with E-state index < -0.39 is 0 Å². The Hall–Kier alpha value is -3.65. The Bertz CT molecular complexity index is 1260. The van der Waals surface area contributed by atoms with Crippen LogP contribution in [-0.4, -0.2) is 72.3 Å². The Kier molecular flexibility index (Phi) is 6.55. The summed E-state index contributed by atoms with van der Waals surface area (Å²) in [5, 5.41) is 11.5. The van der Waals surface area contributed by atoms with Gasteiger partial charge >= 0.3 is 6.01 Å². The zero-order chi connectivity index (χ0) is 24.4. The van der Waals surface area contributed by atoms with Crippen molar-refractivity contribution in [2.75, 3.05) is 56.2 Å². The number of ether oxygens (including phenoxy) is 1. The predicted octanol–water partition coefficient (Wildman–Crippen LogP) is 2.71. The van der Waals surface area contributed by atoms with Gasteiger partial charge < -0.3 is 24.5 Å². The van der Waals surface area contributed by atoms with Gasteiger partial charge in [0.15, 0.2) is 0 Å². The largest absolute Gasteiger partial charge is 0.467 e. The maximum Gasteiger partial charge on any atom is 0.318 e. The lowest BCUT2D eigenvalue weighted by atomic mass is 9.99. The molecule has 2 aliphatic rings. The minimum atomic E-state index is -0.131. The summed E-state index contributed by atoms with van der Waals surface area (Å²) in [6.07, 6.45) is 3.76. The average Bonchev–Trinajstić information content (AvgIpc) is 2.90. The number of aliphatic hydroxyl groups is 1. The van der Waals surface area contributed by atoms with Crippen LogP contribution in [0.15, 0.2) is 48.6 Å². The van der Waals surface area contributed by atoms with E-state index in [9.17, 15) is 4.79 Å². The fourth-order valence-electron chi connectivity index (χ4n) is 5.11. The average molecular weight is 474 g/mol. The van der Waals surface area contributed by atoms with Crippen LogP contribution in [0.25, 0.3) is 10.8 Å². The first-order valence-corrected chi connectivity index (χ1v) is 12.1. The van der Waals surface area contributed by atoms with Crippen molar-refractivity contribution in [2.45, 2.75) is 19.9 Å². The lowest BCUT2D eigenvalue weighted by Crippen LogP contribution is -2.49.